The van der Waals surface area contributed by atoms with Crippen LogP contribution in [0.4, 0.5) is 0 Å². The summed E-state index contributed by atoms with van der Waals surface area (Å²) in [5.41, 5.74) is 10.7. The molecule has 0 unspecified atom stereocenters. The molecule has 3 aromatic rings. The van der Waals surface area contributed by atoms with Gasteiger partial charge in [0.1, 0.15) is 0 Å². The second kappa shape index (κ2) is 11.9. The molecule has 162 valence electrons. The fourth-order valence-electron chi connectivity index (χ4n) is 4.16. The maximum atomic E-state index is 3.00. The topological polar surface area (TPSA) is 0 Å². The molecule has 0 bridgehead atoms. The number of rotatable bonds is 6. The molecule has 0 nitrogen and oxygen atoms in total. The maximum absolute atomic E-state index is 3.00. The highest BCUT2D eigenvalue weighted by Gasteiger charge is 2.07. The number of benzene rings is 3. The molecule has 0 saturated heterocycles. The summed E-state index contributed by atoms with van der Waals surface area (Å²) in [6.45, 7) is 10.4. The van der Waals surface area contributed by atoms with Crippen LogP contribution in [0.2, 0.25) is 0 Å². The first kappa shape index (κ1) is 23.3. The SMILES string of the molecule is C=C.CC1=CC(CCc2cccc(/C=C(\c3ccccc3)c3cccc(C)c3)c2)=CCC1. The predicted octanol–water partition coefficient (Wildman–Crippen LogP) is 8.99. The van der Waals surface area contributed by atoms with E-state index in [4.69, 9.17) is 0 Å². The van der Waals surface area contributed by atoms with Crippen molar-refractivity contribution in [3.05, 3.63) is 143 Å². The molecule has 0 atom stereocenters. The van der Waals surface area contributed by atoms with E-state index in [0.717, 1.165) is 12.8 Å². The molecule has 0 spiro atoms. The molecule has 1 aliphatic rings. The minimum Gasteiger partial charge on any atom is -0.106 e. The van der Waals surface area contributed by atoms with Gasteiger partial charge in [0.25, 0.3) is 0 Å². The number of hydrogen-bond donors (Lipinski definition) is 0. The van der Waals surface area contributed by atoms with Crippen LogP contribution in [0.1, 0.15) is 54.0 Å². The van der Waals surface area contributed by atoms with Crippen molar-refractivity contribution in [3.63, 3.8) is 0 Å². The molecule has 0 amide bonds. The van der Waals surface area contributed by atoms with Gasteiger partial charge in [0.2, 0.25) is 0 Å². The average molecular weight is 419 g/mol. The van der Waals surface area contributed by atoms with Gasteiger partial charge < -0.3 is 0 Å². The summed E-state index contributed by atoms with van der Waals surface area (Å²) < 4.78 is 0. The Kier molecular flexibility index (Phi) is 8.63. The van der Waals surface area contributed by atoms with Crippen molar-refractivity contribution in [2.75, 3.05) is 0 Å². The number of hydrogen-bond acceptors (Lipinski definition) is 0. The van der Waals surface area contributed by atoms with E-state index in [2.05, 4.69) is 124 Å². The second-order valence-corrected chi connectivity index (χ2v) is 8.35. The quantitative estimate of drug-likeness (QED) is 0.277. The van der Waals surface area contributed by atoms with Gasteiger partial charge in [0.05, 0.1) is 0 Å². The molecule has 0 radical (unpaired) electrons. The Morgan fingerprint density at radius 2 is 1.56 bits per heavy atom. The molecule has 0 aromatic heterocycles. The van der Waals surface area contributed by atoms with E-state index in [1.807, 2.05) is 0 Å². The van der Waals surface area contributed by atoms with Crippen molar-refractivity contribution in [2.45, 2.75) is 39.5 Å². The van der Waals surface area contributed by atoms with E-state index in [0.29, 0.717) is 0 Å². The summed E-state index contributed by atoms with van der Waals surface area (Å²) in [7, 11) is 0. The van der Waals surface area contributed by atoms with Crippen molar-refractivity contribution in [1.82, 2.24) is 0 Å². The third-order valence-corrected chi connectivity index (χ3v) is 5.76. The average Bonchev–Trinajstić information content (AvgIpc) is 2.83. The summed E-state index contributed by atoms with van der Waals surface area (Å²) in [5, 5.41) is 0. The monoisotopic (exact) mass is 418 g/mol. The minimum absolute atomic E-state index is 1.09. The van der Waals surface area contributed by atoms with Gasteiger partial charge in [0.15, 0.2) is 0 Å². The first-order valence-corrected chi connectivity index (χ1v) is 11.5. The van der Waals surface area contributed by atoms with Crippen LogP contribution in [0.15, 0.2) is 115 Å². The maximum Gasteiger partial charge on any atom is -0.0105 e. The van der Waals surface area contributed by atoms with E-state index in [9.17, 15) is 0 Å². The number of aryl methyl sites for hydroxylation is 2. The molecule has 0 heteroatoms. The van der Waals surface area contributed by atoms with Crippen LogP contribution in [-0.4, -0.2) is 0 Å². The summed E-state index contributed by atoms with van der Waals surface area (Å²) in [4.78, 5) is 0. The minimum atomic E-state index is 1.09. The van der Waals surface area contributed by atoms with E-state index in [-0.39, 0.29) is 0 Å². The zero-order chi connectivity index (χ0) is 22.8. The van der Waals surface area contributed by atoms with Crippen molar-refractivity contribution in [1.29, 1.82) is 0 Å². The van der Waals surface area contributed by atoms with Gasteiger partial charge in [-0.2, -0.15) is 0 Å². The van der Waals surface area contributed by atoms with Gasteiger partial charge in [-0.15, -0.1) is 13.2 Å². The molecule has 3 aromatic carbocycles. The van der Waals surface area contributed by atoms with Crippen LogP contribution in [0, 0.1) is 6.92 Å². The fourth-order valence-corrected chi connectivity index (χ4v) is 4.16. The summed E-state index contributed by atoms with van der Waals surface area (Å²) >= 11 is 0. The second-order valence-electron chi connectivity index (χ2n) is 8.35. The molecule has 0 heterocycles. The first-order valence-electron chi connectivity index (χ1n) is 11.5. The molecular formula is C32H34. The van der Waals surface area contributed by atoms with E-state index in [1.54, 1.807) is 0 Å². The first-order chi connectivity index (χ1) is 15.7. The Balaban J connectivity index is 0.00000141. The highest BCUT2D eigenvalue weighted by Crippen LogP contribution is 2.27. The van der Waals surface area contributed by atoms with Crippen molar-refractivity contribution >= 4 is 11.6 Å². The van der Waals surface area contributed by atoms with Crippen molar-refractivity contribution < 1.29 is 0 Å². The molecule has 0 aliphatic heterocycles. The highest BCUT2D eigenvalue weighted by atomic mass is 14.1. The summed E-state index contributed by atoms with van der Waals surface area (Å²) in [6.07, 6.45) is 11.7. The Hall–Kier alpha value is -3.38. The lowest BCUT2D eigenvalue weighted by Crippen LogP contribution is -1.94. The highest BCUT2D eigenvalue weighted by molar-refractivity contribution is 5.91. The molecule has 4 rings (SSSR count). The standard InChI is InChI=1S/C30H30.C2H4/c1-23-9-6-11-25(19-23)17-18-26-12-8-13-27(21-26)22-30(28-14-4-3-5-15-28)29-16-7-10-24(2)20-29;1-2/h3-5,7-8,10-16,19-22H,6,9,17-18H2,1-2H3;1-2H2/b30-22+;. The Labute approximate surface area is 194 Å². The molecule has 1 aliphatic carbocycles. The molecular weight excluding hydrogens is 384 g/mol. The number of allylic oxidation sites excluding steroid dienone is 4. The lowest BCUT2D eigenvalue weighted by atomic mass is 9.93. The molecule has 0 saturated carbocycles. The van der Waals surface area contributed by atoms with Crippen LogP contribution < -0.4 is 0 Å². The van der Waals surface area contributed by atoms with Crippen LogP contribution in [0.25, 0.3) is 11.6 Å². The molecule has 0 N–H and O–H groups in total. The Morgan fingerprint density at radius 3 is 2.31 bits per heavy atom. The lowest BCUT2D eigenvalue weighted by Gasteiger charge is -2.12. The molecule has 0 fully saturated rings. The van der Waals surface area contributed by atoms with Gasteiger partial charge >= 0.3 is 0 Å². The van der Waals surface area contributed by atoms with Gasteiger partial charge in [-0.05, 0) is 73.4 Å². The third-order valence-electron chi connectivity index (χ3n) is 5.76. The van der Waals surface area contributed by atoms with Gasteiger partial charge in [-0.3, -0.25) is 0 Å². The smallest absolute Gasteiger partial charge is 0.0105 e. The largest absolute Gasteiger partial charge is 0.106 e. The summed E-state index contributed by atoms with van der Waals surface area (Å²) in [6, 6.07) is 28.5. The molecule has 32 heavy (non-hydrogen) atoms. The van der Waals surface area contributed by atoms with E-state index >= 15 is 0 Å². The van der Waals surface area contributed by atoms with Gasteiger partial charge in [-0.25, -0.2) is 0 Å². The normalized spacial score (nSPS) is 13.5. The zero-order valence-corrected chi connectivity index (χ0v) is 19.5. The van der Waals surface area contributed by atoms with Crippen molar-refractivity contribution in [2.24, 2.45) is 0 Å². The van der Waals surface area contributed by atoms with E-state index in [1.165, 1.54) is 57.4 Å². The third kappa shape index (κ3) is 6.56. The fraction of sp³-hybridized carbons (Fsp3) is 0.188. The van der Waals surface area contributed by atoms with Gasteiger partial charge in [-0.1, -0.05) is 108 Å². The van der Waals surface area contributed by atoms with Crippen LogP contribution in [-0.2, 0) is 6.42 Å². The predicted molar refractivity (Wildman–Crippen MR) is 142 cm³/mol. The van der Waals surface area contributed by atoms with Crippen LogP contribution >= 0.6 is 0 Å². The zero-order valence-electron chi connectivity index (χ0n) is 19.5. The Bertz CT molecular complexity index is 1110. The van der Waals surface area contributed by atoms with E-state index < -0.39 is 0 Å². The van der Waals surface area contributed by atoms with Crippen LogP contribution in [0.5, 0.6) is 0 Å². The Morgan fingerprint density at radius 1 is 0.812 bits per heavy atom. The summed E-state index contributed by atoms with van der Waals surface area (Å²) in [5.74, 6) is 0. The van der Waals surface area contributed by atoms with Crippen LogP contribution in [0.3, 0.4) is 0 Å². The lowest BCUT2D eigenvalue weighted by molar-refractivity contribution is 0.889. The van der Waals surface area contributed by atoms with Crippen molar-refractivity contribution in [3.8, 4) is 0 Å². The van der Waals surface area contributed by atoms with Gasteiger partial charge in [0, 0.05) is 0 Å².